The summed E-state index contributed by atoms with van der Waals surface area (Å²) in [7, 11) is 0. The van der Waals surface area contributed by atoms with Gasteiger partial charge in [0.2, 0.25) is 5.89 Å². The average Bonchev–Trinajstić information content (AvgIpc) is 2.86. The van der Waals surface area contributed by atoms with Gasteiger partial charge in [-0.1, -0.05) is 6.92 Å². The third-order valence-electron chi connectivity index (χ3n) is 4.12. The summed E-state index contributed by atoms with van der Waals surface area (Å²) in [6.45, 7) is 6.65. The molecule has 0 amide bonds. The van der Waals surface area contributed by atoms with E-state index in [9.17, 15) is 0 Å². The number of nitrogens with one attached hydrogen (secondary N) is 1. The van der Waals surface area contributed by atoms with Gasteiger partial charge in [0.05, 0.1) is 12.7 Å². The number of fused-ring (bicyclic) bond motifs is 3. The van der Waals surface area contributed by atoms with Crippen LogP contribution < -0.4 is 5.32 Å². The van der Waals surface area contributed by atoms with Crippen molar-refractivity contribution in [2.45, 2.75) is 38.8 Å². The minimum absolute atomic E-state index is 0.634. The van der Waals surface area contributed by atoms with Gasteiger partial charge in [-0.15, -0.1) is 0 Å². The summed E-state index contributed by atoms with van der Waals surface area (Å²) in [4.78, 5) is 6.85. The van der Waals surface area contributed by atoms with Crippen LogP contribution in [0.15, 0.2) is 10.6 Å². The molecule has 3 aliphatic heterocycles. The molecule has 1 aromatic heterocycles. The molecule has 3 fully saturated rings. The molecule has 17 heavy (non-hydrogen) atoms. The molecule has 0 radical (unpaired) electrons. The molecule has 3 saturated heterocycles. The lowest BCUT2D eigenvalue weighted by atomic mass is 9.84. The lowest BCUT2D eigenvalue weighted by Crippen LogP contribution is -2.55. The maximum Gasteiger partial charge on any atom is 0.208 e. The Kier molecular flexibility index (Phi) is 3.16. The predicted octanol–water partition coefficient (Wildman–Crippen LogP) is 1.42. The van der Waals surface area contributed by atoms with Gasteiger partial charge in [0.25, 0.3) is 0 Å². The van der Waals surface area contributed by atoms with E-state index < -0.39 is 0 Å². The van der Waals surface area contributed by atoms with Crippen LogP contribution >= 0.6 is 0 Å². The fourth-order valence-electron chi connectivity index (χ4n) is 3.01. The van der Waals surface area contributed by atoms with E-state index in [0.717, 1.165) is 30.5 Å². The van der Waals surface area contributed by atoms with E-state index in [2.05, 4.69) is 22.1 Å². The highest BCUT2D eigenvalue weighted by molar-refractivity contribution is 4.95. The molecule has 4 heteroatoms. The monoisotopic (exact) mass is 235 g/mol. The Hall–Kier alpha value is -0.870. The molecule has 2 bridgehead atoms. The quantitative estimate of drug-likeness (QED) is 0.857. The summed E-state index contributed by atoms with van der Waals surface area (Å²) >= 11 is 0. The van der Waals surface area contributed by atoms with Crippen molar-refractivity contribution in [2.75, 3.05) is 19.6 Å². The zero-order valence-electron chi connectivity index (χ0n) is 10.5. The lowest BCUT2D eigenvalue weighted by Gasteiger charge is -2.45. The summed E-state index contributed by atoms with van der Waals surface area (Å²) in [5, 5.41) is 3.61. The van der Waals surface area contributed by atoms with Gasteiger partial charge in [-0.25, -0.2) is 4.98 Å². The summed E-state index contributed by atoms with van der Waals surface area (Å²) < 4.78 is 5.62. The zero-order valence-corrected chi connectivity index (χ0v) is 10.5. The van der Waals surface area contributed by atoms with Crippen molar-refractivity contribution in [1.82, 2.24) is 15.2 Å². The van der Waals surface area contributed by atoms with Crippen LogP contribution in [0.4, 0.5) is 0 Å². The smallest absolute Gasteiger partial charge is 0.208 e. The summed E-state index contributed by atoms with van der Waals surface area (Å²) in [5.41, 5.74) is 0. The van der Waals surface area contributed by atoms with Crippen molar-refractivity contribution in [1.29, 1.82) is 0 Å². The van der Waals surface area contributed by atoms with Crippen molar-refractivity contribution in [3.63, 3.8) is 0 Å². The number of nitrogens with zero attached hydrogens (tertiary/aromatic N) is 2. The standard InChI is InChI=1S/C13H21N3O/c1-2-11-7-15-13(17-11)8-14-12-9-16-5-3-10(12)4-6-16/h7,10,12,14H,2-6,8-9H2,1H3. The highest BCUT2D eigenvalue weighted by Crippen LogP contribution is 2.27. The van der Waals surface area contributed by atoms with Crippen LogP contribution in [0.1, 0.15) is 31.4 Å². The number of rotatable bonds is 4. The summed E-state index contributed by atoms with van der Waals surface area (Å²) in [6.07, 6.45) is 5.47. The van der Waals surface area contributed by atoms with Crippen LogP contribution in [0.3, 0.4) is 0 Å². The Morgan fingerprint density at radius 3 is 2.88 bits per heavy atom. The number of piperidine rings is 3. The van der Waals surface area contributed by atoms with Crippen LogP contribution in [-0.2, 0) is 13.0 Å². The topological polar surface area (TPSA) is 41.3 Å². The molecule has 4 nitrogen and oxygen atoms in total. The van der Waals surface area contributed by atoms with Crippen LogP contribution in [0.5, 0.6) is 0 Å². The van der Waals surface area contributed by atoms with E-state index in [-0.39, 0.29) is 0 Å². The van der Waals surface area contributed by atoms with Crippen molar-refractivity contribution in [3.8, 4) is 0 Å². The Bertz CT molecular complexity index is 368. The summed E-state index contributed by atoms with van der Waals surface area (Å²) in [5.74, 6) is 2.68. The van der Waals surface area contributed by atoms with Crippen LogP contribution in [0.25, 0.3) is 0 Å². The summed E-state index contributed by atoms with van der Waals surface area (Å²) in [6, 6.07) is 0.634. The minimum atomic E-state index is 0.634. The molecule has 1 aromatic rings. The third-order valence-corrected chi connectivity index (χ3v) is 4.12. The first-order chi connectivity index (χ1) is 8.35. The van der Waals surface area contributed by atoms with Gasteiger partial charge >= 0.3 is 0 Å². The minimum Gasteiger partial charge on any atom is -0.444 e. The van der Waals surface area contributed by atoms with E-state index in [4.69, 9.17) is 4.42 Å². The van der Waals surface area contributed by atoms with Gasteiger partial charge in [0, 0.05) is 19.0 Å². The number of hydrogen-bond donors (Lipinski definition) is 1. The van der Waals surface area contributed by atoms with E-state index in [1.54, 1.807) is 0 Å². The molecule has 0 spiro atoms. The van der Waals surface area contributed by atoms with Crippen molar-refractivity contribution >= 4 is 0 Å². The fraction of sp³-hybridized carbons (Fsp3) is 0.769. The van der Waals surface area contributed by atoms with Crippen LogP contribution in [0, 0.1) is 5.92 Å². The Balaban J connectivity index is 1.54. The van der Waals surface area contributed by atoms with E-state index in [1.807, 2.05) is 6.20 Å². The van der Waals surface area contributed by atoms with E-state index in [1.165, 1.54) is 32.5 Å². The third kappa shape index (κ3) is 2.38. The van der Waals surface area contributed by atoms with E-state index >= 15 is 0 Å². The first-order valence-electron chi connectivity index (χ1n) is 6.74. The average molecular weight is 235 g/mol. The molecular formula is C13H21N3O. The predicted molar refractivity (Wildman–Crippen MR) is 65.7 cm³/mol. The molecule has 0 aromatic carbocycles. The normalized spacial score (nSPS) is 31.9. The zero-order chi connectivity index (χ0) is 11.7. The molecule has 0 aliphatic carbocycles. The molecule has 94 valence electrons. The second-order valence-electron chi connectivity index (χ2n) is 5.20. The maximum atomic E-state index is 5.62. The van der Waals surface area contributed by atoms with Gasteiger partial charge in [-0.3, -0.25) is 0 Å². The van der Waals surface area contributed by atoms with Crippen LogP contribution in [0.2, 0.25) is 0 Å². The van der Waals surface area contributed by atoms with Crippen LogP contribution in [-0.4, -0.2) is 35.6 Å². The molecule has 1 N–H and O–H groups in total. The molecule has 1 atom stereocenters. The molecule has 4 heterocycles. The first-order valence-corrected chi connectivity index (χ1v) is 6.74. The largest absolute Gasteiger partial charge is 0.444 e. The van der Waals surface area contributed by atoms with Gasteiger partial charge in [-0.2, -0.15) is 0 Å². The number of hydrogen-bond acceptors (Lipinski definition) is 4. The highest BCUT2D eigenvalue weighted by atomic mass is 16.4. The van der Waals surface area contributed by atoms with Gasteiger partial charge in [0.15, 0.2) is 0 Å². The molecular weight excluding hydrogens is 214 g/mol. The fourth-order valence-corrected chi connectivity index (χ4v) is 3.01. The Morgan fingerprint density at radius 2 is 2.29 bits per heavy atom. The SMILES string of the molecule is CCc1cnc(CNC2CN3CCC2CC3)o1. The van der Waals surface area contributed by atoms with Gasteiger partial charge in [0.1, 0.15) is 5.76 Å². The highest BCUT2D eigenvalue weighted by Gasteiger charge is 2.33. The second kappa shape index (κ2) is 4.78. The molecule has 1 unspecified atom stereocenters. The number of aryl methyl sites for hydroxylation is 1. The van der Waals surface area contributed by atoms with Gasteiger partial charge in [-0.05, 0) is 31.8 Å². The van der Waals surface area contributed by atoms with Gasteiger partial charge < -0.3 is 14.6 Å². The van der Waals surface area contributed by atoms with Crippen molar-refractivity contribution in [3.05, 3.63) is 17.8 Å². The van der Waals surface area contributed by atoms with Crippen molar-refractivity contribution < 1.29 is 4.42 Å². The Labute approximate surface area is 102 Å². The number of oxazole rings is 1. The maximum absolute atomic E-state index is 5.62. The molecule has 0 saturated carbocycles. The molecule has 3 aliphatic rings. The van der Waals surface area contributed by atoms with Crippen molar-refractivity contribution in [2.24, 2.45) is 5.92 Å². The number of aromatic nitrogens is 1. The molecule has 4 rings (SSSR count). The Morgan fingerprint density at radius 1 is 1.47 bits per heavy atom. The first kappa shape index (κ1) is 11.2. The lowest BCUT2D eigenvalue weighted by molar-refractivity contribution is 0.0708. The second-order valence-corrected chi connectivity index (χ2v) is 5.20. The van der Waals surface area contributed by atoms with E-state index in [0.29, 0.717) is 6.04 Å².